The molecule has 0 spiro atoms. The van der Waals surface area contributed by atoms with Crippen molar-refractivity contribution < 1.29 is 4.79 Å². The number of carbonyl (C=O) groups is 1. The summed E-state index contributed by atoms with van der Waals surface area (Å²) in [5, 5.41) is 0. The molecule has 0 aliphatic carbocycles. The van der Waals surface area contributed by atoms with Gasteiger partial charge in [-0.1, -0.05) is 42.3 Å². The summed E-state index contributed by atoms with van der Waals surface area (Å²) < 4.78 is 0.922. The van der Waals surface area contributed by atoms with Crippen molar-refractivity contribution in [3.63, 3.8) is 0 Å². The third-order valence-corrected chi connectivity index (χ3v) is 1.93. The first-order valence-corrected chi connectivity index (χ1v) is 4.78. The molecule has 0 amide bonds. The van der Waals surface area contributed by atoms with Crippen molar-refractivity contribution in [1.29, 1.82) is 0 Å². The van der Waals surface area contributed by atoms with Crippen molar-refractivity contribution in [2.45, 2.75) is 32.6 Å². The number of aldehydes is 1. The first-order valence-electron chi connectivity index (χ1n) is 3.99. The van der Waals surface area contributed by atoms with Crippen molar-refractivity contribution in [1.82, 2.24) is 0 Å². The molecule has 1 unspecified atom stereocenters. The van der Waals surface area contributed by atoms with E-state index in [0.29, 0.717) is 0 Å². The summed E-state index contributed by atoms with van der Waals surface area (Å²) in [5.74, 6) is 0.168. The van der Waals surface area contributed by atoms with Gasteiger partial charge in [-0.3, -0.25) is 0 Å². The van der Waals surface area contributed by atoms with Gasteiger partial charge in [0.15, 0.2) is 0 Å². The third kappa shape index (κ3) is 6.29. The Hall–Kier alpha value is -0.110. The Bertz CT molecular complexity index is 132. The Morgan fingerprint density at radius 1 is 1.73 bits per heavy atom. The minimum absolute atomic E-state index is 0.168. The summed E-state index contributed by atoms with van der Waals surface area (Å²) in [6, 6.07) is 0. The van der Waals surface area contributed by atoms with Gasteiger partial charge >= 0.3 is 0 Å². The largest absolute Gasteiger partial charge is 0.303 e. The van der Waals surface area contributed by atoms with Gasteiger partial charge in [0, 0.05) is 5.92 Å². The van der Waals surface area contributed by atoms with Crippen LogP contribution in [0.2, 0.25) is 0 Å². The van der Waals surface area contributed by atoms with E-state index in [0.717, 1.165) is 36.5 Å². The molecule has 0 heterocycles. The minimum Gasteiger partial charge on any atom is -0.303 e. The van der Waals surface area contributed by atoms with E-state index in [2.05, 4.69) is 29.4 Å². The van der Waals surface area contributed by atoms with Gasteiger partial charge in [0.1, 0.15) is 6.29 Å². The van der Waals surface area contributed by atoms with Crippen LogP contribution in [0.4, 0.5) is 0 Å². The lowest BCUT2D eigenvalue weighted by molar-refractivity contribution is -0.111. The standard InChI is InChI=1S/C9H15BrO/c1-3-4-5-9(7-11)6-8(2)10/h7,9H,2-6H2,1H3. The second kappa shape index (κ2) is 6.59. The second-order valence-corrected chi connectivity index (χ2v) is 3.88. The molecule has 0 fully saturated rings. The van der Waals surface area contributed by atoms with Gasteiger partial charge in [-0.05, 0) is 17.3 Å². The van der Waals surface area contributed by atoms with E-state index >= 15 is 0 Å². The average molecular weight is 219 g/mol. The number of allylic oxidation sites excluding steroid dienone is 1. The van der Waals surface area contributed by atoms with E-state index in [1.54, 1.807) is 0 Å². The smallest absolute Gasteiger partial charge is 0.123 e. The fourth-order valence-electron chi connectivity index (χ4n) is 0.969. The lowest BCUT2D eigenvalue weighted by Gasteiger charge is -2.06. The fourth-order valence-corrected chi connectivity index (χ4v) is 1.38. The molecule has 2 heteroatoms. The highest BCUT2D eigenvalue weighted by Crippen LogP contribution is 2.18. The number of carbonyl (C=O) groups excluding carboxylic acids is 1. The highest BCUT2D eigenvalue weighted by atomic mass is 79.9. The van der Waals surface area contributed by atoms with E-state index in [1.165, 1.54) is 0 Å². The van der Waals surface area contributed by atoms with Crippen LogP contribution in [-0.4, -0.2) is 6.29 Å². The molecule has 0 aromatic rings. The first-order chi connectivity index (χ1) is 5.20. The summed E-state index contributed by atoms with van der Waals surface area (Å²) in [4.78, 5) is 10.5. The van der Waals surface area contributed by atoms with Crippen LogP contribution < -0.4 is 0 Å². The Labute approximate surface area is 77.0 Å². The van der Waals surface area contributed by atoms with Gasteiger partial charge in [0.05, 0.1) is 0 Å². The Morgan fingerprint density at radius 2 is 2.36 bits per heavy atom. The molecule has 0 rings (SSSR count). The van der Waals surface area contributed by atoms with Gasteiger partial charge in [-0.25, -0.2) is 0 Å². The number of halogens is 1. The number of hydrogen-bond acceptors (Lipinski definition) is 1. The molecule has 1 nitrogen and oxygen atoms in total. The summed E-state index contributed by atoms with van der Waals surface area (Å²) in [6.07, 6.45) is 5.08. The monoisotopic (exact) mass is 218 g/mol. The topological polar surface area (TPSA) is 17.1 Å². The van der Waals surface area contributed by atoms with E-state index < -0.39 is 0 Å². The number of rotatable bonds is 6. The molecule has 0 saturated heterocycles. The van der Waals surface area contributed by atoms with Gasteiger partial charge in [-0.15, -0.1) is 0 Å². The van der Waals surface area contributed by atoms with Crippen molar-refractivity contribution in [2.24, 2.45) is 5.92 Å². The highest BCUT2D eigenvalue weighted by Gasteiger charge is 2.06. The zero-order valence-corrected chi connectivity index (χ0v) is 8.56. The molecular formula is C9H15BrO. The first kappa shape index (κ1) is 10.9. The Kier molecular flexibility index (Phi) is 6.52. The summed E-state index contributed by atoms with van der Waals surface area (Å²) in [7, 11) is 0. The van der Waals surface area contributed by atoms with Crippen molar-refractivity contribution >= 4 is 22.2 Å². The molecule has 0 aromatic carbocycles. The molecule has 0 aromatic heterocycles. The molecule has 64 valence electrons. The van der Waals surface area contributed by atoms with E-state index in [4.69, 9.17) is 0 Å². The van der Waals surface area contributed by atoms with Crippen LogP contribution in [-0.2, 0) is 4.79 Å². The van der Waals surface area contributed by atoms with Crippen LogP contribution in [0.1, 0.15) is 32.6 Å². The predicted molar refractivity (Wildman–Crippen MR) is 51.8 cm³/mol. The maximum Gasteiger partial charge on any atom is 0.123 e. The highest BCUT2D eigenvalue weighted by molar-refractivity contribution is 9.11. The summed E-state index contributed by atoms with van der Waals surface area (Å²) >= 11 is 3.25. The quantitative estimate of drug-likeness (QED) is 0.626. The molecule has 0 saturated carbocycles. The van der Waals surface area contributed by atoms with Crippen LogP contribution in [0.25, 0.3) is 0 Å². The van der Waals surface area contributed by atoms with E-state index in [9.17, 15) is 4.79 Å². The Balaban J connectivity index is 3.57. The van der Waals surface area contributed by atoms with Crippen molar-refractivity contribution in [3.8, 4) is 0 Å². The predicted octanol–water partition coefficient (Wildman–Crippen LogP) is 3.29. The van der Waals surface area contributed by atoms with Crippen molar-refractivity contribution in [3.05, 3.63) is 11.1 Å². The fraction of sp³-hybridized carbons (Fsp3) is 0.667. The zero-order valence-electron chi connectivity index (χ0n) is 6.98. The molecule has 0 aliphatic heterocycles. The maximum atomic E-state index is 10.5. The summed E-state index contributed by atoms with van der Waals surface area (Å²) in [5.41, 5.74) is 0. The van der Waals surface area contributed by atoms with Crippen LogP contribution in [0, 0.1) is 5.92 Å². The molecule has 0 aliphatic rings. The maximum absolute atomic E-state index is 10.5. The molecule has 0 bridgehead atoms. The lowest BCUT2D eigenvalue weighted by atomic mass is 10.0. The second-order valence-electron chi connectivity index (χ2n) is 2.76. The van der Waals surface area contributed by atoms with Crippen LogP contribution in [0.5, 0.6) is 0 Å². The molecule has 0 N–H and O–H groups in total. The minimum atomic E-state index is 0.168. The van der Waals surface area contributed by atoms with Gasteiger partial charge in [-0.2, -0.15) is 0 Å². The molecule has 1 atom stereocenters. The molecular weight excluding hydrogens is 204 g/mol. The average Bonchev–Trinajstić information content (AvgIpc) is 1.97. The Morgan fingerprint density at radius 3 is 2.73 bits per heavy atom. The van der Waals surface area contributed by atoms with Crippen LogP contribution >= 0.6 is 15.9 Å². The van der Waals surface area contributed by atoms with Gasteiger partial charge in [0.2, 0.25) is 0 Å². The number of unbranched alkanes of at least 4 members (excludes halogenated alkanes) is 1. The normalized spacial score (nSPS) is 12.5. The lowest BCUT2D eigenvalue weighted by Crippen LogP contribution is -2.01. The van der Waals surface area contributed by atoms with Crippen molar-refractivity contribution in [2.75, 3.05) is 0 Å². The molecule has 11 heavy (non-hydrogen) atoms. The van der Waals surface area contributed by atoms with Gasteiger partial charge < -0.3 is 4.79 Å². The van der Waals surface area contributed by atoms with Crippen LogP contribution in [0.3, 0.4) is 0 Å². The van der Waals surface area contributed by atoms with E-state index in [-0.39, 0.29) is 5.92 Å². The zero-order chi connectivity index (χ0) is 8.69. The third-order valence-electron chi connectivity index (χ3n) is 1.60. The van der Waals surface area contributed by atoms with Crippen LogP contribution in [0.15, 0.2) is 11.1 Å². The van der Waals surface area contributed by atoms with E-state index in [1.807, 2.05) is 0 Å². The number of hydrogen-bond donors (Lipinski definition) is 0. The summed E-state index contributed by atoms with van der Waals surface area (Å²) in [6.45, 7) is 5.84. The van der Waals surface area contributed by atoms with Gasteiger partial charge in [0.25, 0.3) is 0 Å². The molecule has 0 radical (unpaired) electrons. The SMILES string of the molecule is C=C(Br)CC(C=O)CCCC.